The second-order valence-corrected chi connectivity index (χ2v) is 4.85. The third-order valence-corrected chi connectivity index (χ3v) is 3.14. The molecule has 0 radical (unpaired) electrons. The molecule has 1 N–H and O–H groups in total. The first kappa shape index (κ1) is 16.5. The zero-order chi connectivity index (χ0) is 16.8. The number of aromatic nitrogens is 2. The van der Waals surface area contributed by atoms with Gasteiger partial charge in [-0.25, -0.2) is 14.8 Å². The fourth-order valence-electron chi connectivity index (χ4n) is 1.76. The molecule has 0 spiro atoms. The Kier molecular flexibility index (Phi) is 5.28. The number of methoxy groups -OCH3 is 1. The van der Waals surface area contributed by atoms with Crippen LogP contribution < -0.4 is 0 Å². The van der Waals surface area contributed by atoms with Crippen LogP contribution in [-0.4, -0.2) is 34.5 Å². The van der Waals surface area contributed by atoms with E-state index in [1.54, 1.807) is 6.07 Å². The maximum Gasteiger partial charge on any atom is 0.356 e. The summed E-state index contributed by atoms with van der Waals surface area (Å²) in [7, 11) is 1.30. The molecular weight excluding hydrogens is 318 g/mol. The Bertz CT molecular complexity index is 838. The number of oxime groups is 1. The molecule has 0 aliphatic carbocycles. The van der Waals surface area contributed by atoms with Crippen LogP contribution in [0.15, 0.2) is 29.7 Å². The Hall–Kier alpha value is -2.91. The van der Waals surface area contributed by atoms with E-state index in [1.807, 2.05) is 6.92 Å². The number of carbonyl (C=O) groups is 1. The summed E-state index contributed by atoms with van der Waals surface area (Å²) in [6.45, 7) is 1.81. The number of hydrogen-bond acceptors (Lipinski definition) is 6. The van der Waals surface area contributed by atoms with Crippen LogP contribution in [0.3, 0.4) is 0 Å². The van der Waals surface area contributed by atoms with E-state index in [1.165, 1.54) is 31.8 Å². The number of aryl methyl sites for hydroxylation is 1. The van der Waals surface area contributed by atoms with Crippen LogP contribution in [0.1, 0.15) is 32.7 Å². The highest BCUT2D eigenvalue weighted by atomic mass is 35.5. The first-order valence-corrected chi connectivity index (χ1v) is 6.83. The first-order chi connectivity index (χ1) is 11.0. The van der Waals surface area contributed by atoms with Gasteiger partial charge < -0.3 is 9.94 Å². The predicted molar refractivity (Wildman–Crippen MR) is 84.9 cm³/mol. The highest BCUT2D eigenvalue weighted by molar-refractivity contribution is 6.29. The molecule has 116 valence electrons. The molecular formula is C16H12ClN3O3. The number of hydrogen-bond donors (Lipinski definition) is 1. The van der Waals surface area contributed by atoms with E-state index in [2.05, 4.69) is 31.7 Å². The summed E-state index contributed by atoms with van der Waals surface area (Å²) in [6.07, 6.45) is 4.21. The zero-order valence-corrected chi connectivity index (χ0v) is 13.1. The zero-order valence-electron chi connectivity index (χ0n) is 12.4. The van der Waals surface area contributed by atoms with E-state index in [-0.39, 0.29) is 10.8 Å². The van der Waals surface area contributed by atoms with Crippen molar-refractivity contribution in [3.05, 3.63) is 57.6 Å². The van der Waals surface area contributed by atoms with Crippen molar-refractivity contribution in [1.82, 2.24) is 9.97 Å². The average Bonchev–Trinajstić information content (AvgIpc) is 2.54. The molecule has 0 aliphatic rings. The van der Waals surface area contributed by atoms with Crippen molar-refractivity contribution in [2.45, 2.75) is 6.92 Å². The van der Waals surface area contributed by atoms with Gasteiger partial charge in [0.05, 0.1) is 18.9 Å². The highest BCUT2D eigenvalue weighted by Gasteiger charge is 2.08. The van der Waals surface area contributed by atoms with Crippen LogP contribution in [0.5, 0.6) is 0 Å². The van der Waals surface area contributed by atoms with Gasteiger partial charge in [-0.3, -0.25) is 0 Å². The molecule has 2 rings (SSSR count). The Labute approximate surface area is 137 Å². The summed E-state index contributed by atoms with van der Waals surface area (Å²) >= 11 is 5.80. The Balaban J connectivity index is 2.38. The summed E-state index contributed by atoms with van der Waals surface area (Å²) in [6, 6.07) is 3.14. The molecule has 0 aliphatic heterocycles. The van der Waals surface area contributed by atoms with Crippen LogP contribution in [0.4, 0.5) is 0 Å². The molecule has 0 amide bonds. The lowest BCUT2D eigenvalue weighted by Gasteiger charge is -2.02. The fourth-order valence-corrected chi connectivity index (χ4v) is 1.92. The lowest BCUT2D eigenvalue weighted by molar-refractivity contribution is 0.0594. The molecule has 0 aromatic carbocycles. The predicted octanol–water partition coefficient (Wildman–Crippen LogP) is 2.43. The van der Waals surface area contributed by atoms with Crippen molar-refractivity contribution in [1.29, 1.82) is 0 Å². The van der Waals surface area contributed by atoms with Crippen LogP contribution in [-0.2, 0) is 4.74 Å². The monoisotopic (exact) mass is 329 g/mol. The second kappa shape index (κ2) is 7.38. The van der Waals surface area contributed by atoms with Crippen molar-refractivity contribution in [2.75, 3.05) is 7.11 Å². The molecule has 2 heterocycles. The van der Waals surface area contributed by atoms with Crippen molar-refractivity contribution >= 4 is 23.8 Å². The van der Waals surface area contributed by atoms with Crippen LogP contribution in [0.25, 0.3) is 0 Å². The van der Waals surface area contributed by atoms with Gasteiger partial charge >= 0.3 is 5.97 Å². The first-order valence-electron chi connectivity index (χ1n) is 6.45. The smallest absolute Gasteiger partial charge is 0.356 e. The normalized spacial score (nSPS) is 10.2. The van der Waals surface area contributed by atoms with Crippen LogP contribution >= 0.6 is 11.6 Å². The number of pyridine rings is 2. The Morgan fingerprint density at radius 1 is 1.30 bits per heavy atom. The molecule has 0 saturated carbocycles. The largest absolute Gasteiger partial charge is 0.464 e. The molecule has 0 fully saturated rings. The quantitative estimate of drug-likeness (QED) is 0.228. The summed E-state index contributed by atoms with van der Waals surface area (Å²) in [5.74, 6) is 5.35. The summed E-state index contributed by atoms with van der Waals surface area (Å²) < 4.78 is 4.62. The molecule has 0 bridgehead atoms. The standard InChI is InChI=1S/C16H12ClN3O3/c1-10-5-14(16(21)23-2)18-7-11(10)3-4-12-8-19-15(17)6-13(12)9-20-22/h5-9,22H,1-2H3/b20-9+. The van der Waals surface area contributed by atoms with Gasteiger partial charge in [-0.05, 0) is 24.6 Å². The topological polar surface area (TPSA) is 84.7 Å². The van der Waals surface area contributed by atoms with Crippen LogP contribution in [0, 0.1) is 18.8 Å². The van der Waals surface area contributed by atoms with E-state index < -0.39 is 5.97 Å². The van der Waals surface area contributed by atoms with Gasteiger partial charge in [0.2, 0.25) is 0 Å². The van der Waals surface area contributed by atoms with E-state index in [0.29, 0.717) is 16.7 Å². The average molecular weight is 330 g/mol. The number of ether oxygens (including phenoxy) is 1. The molecule has 7 heteroatoms. The van der Waals surface area contributed by atoms with Gasteiger partial charge in [0, 0.05) is 23.5 Å². The number of halogens is 1. The van der Waals surface area contributed by atoms with E-state index >= 15 is 0 Å². The number of rotatable bonds is 2. The molecule has 2 aromatic rings. The molecule has 0 unspecified atom stereocenters. The number of carbonyl (C=O) groups excluding carboxylic acids is 1. The fraction of sp³-hybridized carbons (Fsp3) is 0.125. The summed E-state index contributed by atoms with van der Waals surface area (Å²) in [4.78, 5) is 19.4. The van der Waals surface area contributed by atoms with E-state index in [4.69, 9.17) is 16.8 Å². The Morgan fingerprint density at radius 2 is 2.00 bits per heavy atom. The minimum absolute atomic E-state index is 0.219. The van der Waals surface area contributed by atoms with E-state index in [0.717, 1.165) is 5.56 Å². The molecule has 23 heavy (non-hydrogen) atoms. The van der Waals surface area contributed by atoms with Crippen molar-refractivity contribution in [3.63, 3.8) is 0 Å². The summed E-state index contributed by atoms with van der Waals surface area (Å²) in [5.41, 5.74) is 2.74. The van der Waals surface area contributed by atoms with E-state index in [9.17, 15) is 4.79 Å². The molecule has 6 nitrogen and oxygen atoms in total. The lowest BCUT2D eigenvalue weighted by Crippen LogP contribution is -2.05. The minimum atomic E-state index is -0.504. The molecule has 0 atom stereocenters. The van der Waals surface area contributed by atoms with Crippen molar-refractivity contribution in [2.24, 2.45) is 5.16 Å². The maximum atomic E-state index is 11.4. The minimum Gasteiger partial charge on any atom is -0.464 e. The van der Waals surface area contributed by atoms with Gasteiger partial charge in [0.15, 0.2) is 0 Å². The SMILES string of the molecule is COC(=O)c1cc(C)c(C#Cc2cnc(Cl)cc2/C=N/O)cn1. The summed E-state index contributed by atoms with van der Waals surface area (Å²) in [5, 5.41) is 11.9. The lowest BCUT2D eigenvalue weighted by atomic mass is 10.1. The number of esters is 1. The van der Waals surface area contributed by atoms with Crippen molar-refractivity contribution < 1.29 is 14.7 Å². The second-order valence-electron chi connectivity index (χ2n) is 4.46. The number of nitrogens with zero attached hydrogens (tertiary/aromatic N) is 3. The van der Waals surface area contributed by atoms with Crippen LogP contribution in [0.2, 0.25) is 5.15 Å². The van der Waals surface area contributed by atoms with Gasteiger partial charge in [-0.2, -0.15) is 0 Å². The third-order valence-electron chi connectivity index (χ3n) is 2.94. The van der Waals surface area contributed by atoms with Gasteiger partial charge in [0.25, 0.3) is 0 Å². The van der Waals surface area contributed by atoms with Gasteiger partial charge in [-0.1, -0.05) is 28.6 Å². The molecule has 2 aromatic heterocycles. The highest BCUT2D eigenvalue weighted by Crippen LogP contribution is 2.12. The Morgan fingerprint density at radius 3 is 2.65 bits per heavy atom. The van der Waals surface area contributed by atoms with Gasteiger partial charge in [0.1, 0.15) is 10.8 Å². The van der Waals surface area contributed by atoms with Gasteiger partial charge in [-0.15, -0.1) is 0 Å². The third kappa shape index (κ3) is 4.05. The maximum absolute atomic E-state index is 11.4. The van der Waals surface area contributed by atoms with Crippen molar-refractivity contribution in [3.8, 4) is 11.8 Å². The molecule has 0 saturated heterocycles.